The molecule has 140 valence electrons. The number of carbonyl (C=O) groups excluding carboxylic acids is 2. The van der Waals surface area contributed by atoms with Crippen LogP contribution in [0.2, 0.25) is 0 Å². The first kappa shape index (κ1) is 17.4. The molecule has 1 atom stereocenters. The summed E-state index contributed by atoms with van der Waals surface area (Å²) in [4.78, 5) is 29.3. The number of nitrogens with zero attached hydrogens (tertiary/aromatic N) is 2. The lowest BCUT2D eigenvalue weighted by molar-refractivity contribution is -0.135. The van der Waals surface area contributed by atoms with Gasteiger partial charge in [0.25, 0.3) is 0 Å². The van der Waals surface area contributed by atoms with Crippen LogP contribution in [-0.2, 0) is 9.59 Å². The number of hydrogen-bond acceptors (Lipinski definition) is 4. The predicted molar refractivity (Wildman–Crippen MR) is 104 cm³/mol. The second-order valence-corrected chi connectivity index (χ2v) is 6.90. The number of ether oxygens (including phenoxy) is 1. The number of fused-ring (bicyclic) bond motifs is 1. The smallest absolute Gasteiger partial charge is 0.231 e. The van der Waals surface area contributed by atoms with E-state index in [1.807, 2.05) is 41.3 Å². The topological polar surface area (TPSA) is 61.9 Å². The quantitative estimate of drug-likeness (QED) is 0.907. The molecule has 0 saturated carbocycles. The SMILES string of the molecule is O=C1Nc2ccccc2OC[C@H]1CC(=O)N1CCN(c2ccccc2)CC1. The van der Waals surface area contributed by atoms with Crippen LogP contribution in [0.15, 0.2) is 54.6 Å². The Morgan fingerprint density at radius 2 is 1.70 bits per heavy atom. The van der Waals surface area contributed by atoms with Crippen LogP contribution >= 0.6 is 0 Å². The van der Waals surface area contributed by atoms with Gasteiger partial charge in [0.2, 0.25) is 11.8 Å². The third kappa shape index (κ3) is 3.89. The van der Waals surface area contributed by atoms with E-state index in [1.165, 1.54) is 5.69 Å². The number of hydrogen-bond donors (Lipinski definition) is 1. The van der Waals surface area contributed by atoms with Gasteiger partial charge in [0.05, 0.1) is 11.6 Å². The molecule has 1 saturated heterocycles. The fourth-order valence-electron chi connectivity index (χ4n) is 3.54. The Balaban J connectivity index is 1.33. The Hall–Kier alpha value is -3.02. The van der Waals surface area contributed by atoms with E-state index in [4.69, 9.17) is 4.74 Å². The summed E-state index contributed by atoms with van der Waals surface area (Å²) in [5.74, 6) is 0.0305. The zero-order valence-electron chi connectivity index (χ0n) is 15.1. The first-order chi connectivity index (χ1) is 13.2. The summed E-state index contributed by atoms with van der Waals surface area (Å²) in [6.07, 6.45) is 0.172. The molecule has 0 bridgehead atoms. The maximum atomic E-state index is 12.7. The summed E-state index contributed by atoms with van der Waals surface area (Å²) < 4.78 is 5.73. The lowest BCUT2D eigenvalue weighted by Crippen LogP contribution is -2.49. The van der Waals surface area contributed by atoms with Gasteiger partial charge in [-0.05, 0) is 24.3 Å². The summed E-state index contributed by atoms with van der Waals surface area (Å²) in [6.45, 7) is 3.16. The third-order valence-electron chi connectivity index (χ3n) is 5.13. The number of amides is 2. The van der Waals surface area contributed by atoms with E-state index in [9.17, 15) is 9.59 Å². The second-order valence-electron chi connectivity index (χ2n) is 6.90. The molecule has 2 aliphatic rings. The molecule has 2 aromatic carbocycles. The fraction of sp³-hybridized carbons (Fsp3) is 0.333. The monoisotopic (exact) mass is 365 g/mol. The van der Waals surface area contributed by atoms with Gasteiger partial charge in [-0.25, -0.2) is 0 Å². The van der Waals surface area contributed by atoms with Crippen molar-refractivity contribution in [3.8, 4) is 5.75 Å². The van der Waals surface area contributed by atoms with E-state index in [2.05, 4.69) is 22.3 Å². The van der Waals surface area contributed by atoms with Gasteiger partial charge in [-0.1, -0.05) is 30.3 Å². The summed E-state index contributed by atoms with van der Waals surface area (Å²) in [5, 5.41) is 2.87. The summed E-state index contributed by atoms with van der Waals surface area (Å²) >= 11 is 0. The molecule has 0 aromatic heterocycles. The molecular weight excluding hydrogens is 342 g/mol. The van der Waals surface area contributed by atoms with Crippen LogP contribution in [0.1, 0.15) is 6.42 Å². The van der Waals surface area contributed by atoms with Crippen molar-refractivity contribution in [2.75, 3.05) is 43.0 Å². The maximum absolute atomic E-state index is 12.7. The highest BCUT2D eigenvalue weighted by Crippen LogP contribution is 2.28. The molecule has 0 radical (unpaired) electrons. The Bertz CT molecular complexity index is 816. The molecule has 2 aliphatic heterocycles. The Morgan fingerprint density at radius 3 is 2.48 bits per heavy atom. The van der Waals surface area contributed by atoms with Crippen LogP contribution < -0.4 is 15.0 Å². The molecule has 2 heterocycles. The standard InChI is InChI=1S/C21H23N3O3/c25-20(24-12-10-23(11-13-24)17-6-2-1-3-7-17)14-16-15-27-19-9-5-4-8-18(19)22-21(16)26/h1-9,16H,10-15H2,(H,22,26)/t16-/m1/s1. The highest BCUT2D eigenvalue weighted by atomic mass is 16.5. The van der Waals surface area contributed by atoms with Crippen molar-refractivity contribution in [3.05, 3.63) is 54.6 Å². The molecule has 1 fully saturated rings. The van der Waals surface area contributed by atoms with Crippen LogP contribution in [0.4, 0.5) is 11.4 Å². The van der Waals surface area contributed by atoms with E-state index in [0.29, 0.717) is 24.5 Å². The minimum atomic E-state index is -0.475. The fourth-order valence-corrected chi connectivity index (χ4v) is 3.54. The molecule has 4 rings (SSSR count). The van der Waals surface area contributed by atoms with Crippen molar-refractivity contribution in [2.45, 2.75) is 6.42 Å². The van der Waals surface area contributed by atoms with Crippen molar-refractivity contribution >= 4 is 23.2 Å². The molecule has 27 heavy (non-hydrogen) atoms. The first-order valence-electron chi connectivity index (χ1n) is 9.31. The first-order valence-corrected chi connectivity index (χ1v) is 9.31. The molecule has 1 N–H and O–H groups in total. The van der Waals surface area contributed by atoms with Crippen molar-refractivity contribution in [1.29, 1.82) is 0 Å². The molecule has 0 unspecified atom stereocenters. The number of carbonyl (C=O) groups is 2. The van der Waals surface area contributed by atoms with Crippen LogP contribution in [0.3, 0.4) is 0 Å². The Kier molecular flexibility index (Phi) is 4.96. The molecule has 0 spiro atoms. The van der Waals surface area contributed by atoms with Gasteiger partial charge in [-0.2, -0.15) is 0 Å². The van der Waals surface area contributed by atoms with Gasteiger partial charge in [0.15, 0.2) is 0 Å². The maximum Gasteiger partial charge on any atom is 0.231 e. The number of anilines is 2. The van der Waals surface area contributed by atoms with Gasteiger partial charge in [0.1, 0.15) is 12.4 Å². The molecular formula is C21H23N3O3. The molecule has 6 nitrogen and oxygen atoms in total. The van der Waals surface area contributed by atoms with Crippen molar-refractivity contribution in [1.82, 2.24) is 4.90 Å². The third-order valence-corrected chi connectivity index (χ3v) is 5.13. The Labute approximate surface area is 158 Å². The highest BCUT2D eigenvalue weighted by Gasteiger charge is 2.30. The van der Waals surface area contributed by atoms with Crippen LogP contribution in [-0.4, -0.2) is 49.5 Å². The largest absolute Gasteiger partial charge is 0.491 e. The summed E-state index contributed by atoms with van der Waals surface area (Å²) in [5.41, 5.74) is 1.84. The number of piperazine rings is 1. The lowest BCUT2D eigenvalue weighted by atomic mass is 10.0. The van der Waals surface area contributed by atoms with Gasteiger partial charge in [-0.15, -0.1) is 0 Å². The van der Waals surface area contributed by atoms with Crippen LogP contribution in [0, 0.1) is 5.92 Å². The van der Waals surface area contributed by atoms with Gasteiger partial charge in [0, 0.05) is 38.3 Å². The van der Waals surface area contributed by atoms with E-state index in [1.54, 1.807) is 6.07 Å². The molecule has 6 heteroatoms. The number of benzene rings is 2. The average molecular weight is 365 g/mol. The zero-order valence-corrected chi connectivity index (χ0v) is 15.1. The summed E-state index contributed by atoms with van der Waals surface area (Å²) in [6, 6.07) is 17.6. The molecule has 0 aliphatic carbocycles. The number of rotatable bonds is 3. The second kappa shape index (κ2) is 7.70. The zero-order chi connectivity index (χ0) is 18.6. The average Bonchev–Trinajstić information content (AvgIpc) is 2.87. The van der Waals surface area contributed by atoms with Crippen molar-refractivity contribution < 1.29 is 14.3 Å². The highest BCUT2D eigenvalue weighted by molar-refractivity contribution is 5.97. The van der Waals surface area contributed by atoms with Crippen LogP contribution in [0.25, 0.3) is 0 Å². The predicted octanol–water partition coefficient (Wildman–Crippen LogP) is 2.37. The van der Waals surface area contributed by atoms with Crippen molar-refractivity contribution in [3.63, 3.8) is 0 Å². The lowest BCUT2D eigenvalue weighted by Gasteiger charge is -2.36. The number of nitrogens with one attached hydrogen (secondary N) is 1. The Morgan fingerprint density at radius 1 is 1.00 bits per heavy atom. The van der Waals surface area contributed by atoms with Crippen LogP contribution in [0.5, 0.6) is 5.75 Å². The van der Waals surface area contributed by atoms with E-state index in [0.717, 1.165) is 13.1 Å². The summed E-state index contributed by atoms with van der Waals surface area (Å²) in [7, 11) is 0. The van der Waals surface area contributed by atoms with E-state index < -0.39 is 5.92 Å². The molecule has 2 aromatic rings. The van der Waals surface area contributed by atoms with Crippen molar-refractivity contribution in [2.24, 2.45) is 5.92 Å². The van der Waals surface area contributed by atoms with Gasteiger partial charge >= 0.3 is 0 Å². The van der Waals surface area contributed by atoms with E-state index in [-0.39, 0.29) is 24.8 Å². The van der Waals surface area contributed by atoms with Gasteiger partial charge in [-0.3, -0.25) is 9.59 Å². The van der Waals surface area contributed by atoms with Gasteiger partial charge < -0.3 is 19.9 Å². The normalized spacial score (nSPS) is 19.6. The minimum absolute atomic E-state index is 0.0115. The minimum Gasteiger partial charge on any atom is -0.491 e. The molecule has 2 amide bonds. The number of para-hydroxylation sites is 3. The van der Waals surface area contributed by atoms with E-state index >= 15 is 0 Å².